The highest BCUT2D eigenvalue weighted by molar-refractivity contribution is 9.10. The van der Waals surface area contributed by atoms with Crippen LogP contribution in [0.3, 0.4) is 0 Å². The summed E-state index contributed by atoms with van der Waals surface area (Å²) < 4.78 is 0.802. The zero-order valence-electron chi connectivity index (χ0n) is 9.64. The van der Waals surface area contributed by atoms with Gasteiger partial charge in [0.25, 0.3) is 5.91 Å². The topological polar surface area (TPSA) is 29.1 Å². The highest BCUT2D eigenvalue weighted by atomic mass is 79.9. The average Bonchev–Trinajstić information content (AvgIpc) is 2.14. The Morgan fingerprint density at radius 2 is 2.06 bits per heavy atom. The van der Waals surface area contributed by atoms with E-state index in [0.717, 1.165) is 10.9 Å². The van der Waals surface area contributed by atoms with Gasteiger partial charge in [-0.3, -0.25) is 4.79 Å². The molecule has 2 atom stereocenters. The summed E-state index contributed by atoms with van der Waals surface area (Å²) in [5.74, 6) is -0.103. The highest BCUT2D eigenvalue weighted by Gasteiger charge is 2.12. The van der Waals surface area contributed by atoms with Crippen molar-refractivity contribution in [2.45, 2.75) is 31.1 Å². The average molecular weight is 384 g/mol. The molecular weight excluding hydrogens is 369 g/mol. The lowest BCUT2D eigenvalue weighted by molar-refractivity contribution is 0.0938. The van der Waals surface area contributed by atoms with Gasteiger partial charge >= 0.3 is 0 Å². The lowest BCUT2D eigenvalue weighted by atomic mass is 10.1. The second-order valence-corrected chi connectivity index (χ2v) is 6.96. The van der Waals surface area contributed by atoms with Crippen LogP contribution in [-0.4, -0.2) is 16.8 Å². The maximum Gasteiger partial charge on any atom is 0.251 e. The first-order chi connectivity index (χ1) is 7.88. The molecule has 2 unspecified atom stereocenters. The molecule has 0 aliphatic heterocycles. The van der Waals surface area contributed by atoms with Crippen molar-refractivity contribution in [1.29, 1.82) is 0 Å². The summed E-state index contributed by atoms with van der Waals surface area (Å²) >= 11 is 12.7. The van der Waals surface area contributed by atoms with Crippen LogP contribution in [-0.2, 0) is 0 Å². The van der Waals surface area contributed by atoms with Crippen molar-refractivity contribution in [3.05, 3.63) is 33.3 Å². The summed E-state index contributed by atoms with van der Waals surface area (Å²) in [5.41, 5.74) is 0.568. The monoisotopic (exact) mass is 381 g/mol. The largest absolute Gasteiger partial charge is 0.350 e. The molecule has 2 nitrogen and oxygen atoms in total. The van der Waals surface area contributed by atoms with Crippen LogP contribution >= 0.6 is 43.5 Å². The summed E-state index contributed by atoms with van der Waals surface area (Å²) in [4.78, 5) is 12.3. The number of amides is 1. The van der Waals surface area contributed by atoms with Gasteiger partial charge in [0.15, 0.2) is 0 Å². The molecule has 0 aliphatic rings. The predicted molar refractivity (Wildman–Crippen MR) is 79.1 cm³/mol. The predicted octanol–water partition coefficient (Wildman–Crippen LogP) is 4.39. The summed E-state index contributed by atoms with van der Waals surface area (Å²) in [5, 5.41) is 3.48. The smallest absolute Gasteiger partial charge is 0.251 e. The second-order valence-electron chi connectivity index (χ2n) is 4.05. The molecule has 1 aromatic rings. The number of carbonyl (C=O) groups excluding carboxylic acids is 1. The quantitative estimate of drug-likeness (QED) is 0.768. The Balaban J connectivity index is 2.69. The lowest BCUT2D eigenvalue weighted by Crippen LogP contribution is -2.33. The number of nitrogens with one attached hydrogen (secondary N) is 1. The van der Waals surface area contributed by atoms with Gasteiger partial charge in [0.2, 0.25) is 0 Å². The first kappa shape index (κ1) is 15.0. The highest BCUT2D eigenvalue weighted by Crippen LogP contribution is 2.19. The SMILES string of the molecule is CC(Br)CC(C)NC(=O)c1cc(Cl)cc(Br)c1. The summed E-state index contributed by atoms with van der Waals surface area (Å²) in [6.45, 7) is 4.04. The molecule has 17 heavy (non-hydrogen) atoms. The zero-order valence-corrected chi connectivity index (χ0v) is 13.6. The molecule has 1 amide bonds. The number of carbonyl (C=O) groups is 1. The van der Waals surface area contributed by atoms with Gasteiger partial charge in [0, 0.05) is 25.9 Å². The molecule has 0 saturated heterocycles. The lowest BCUT2D eigenvalue weighted by Gasteiger charge is -2.15. The normalized spacial score (nSPS) is 14.2. The fraction of sp³-hybridized carbons (Fsp3) is 0.417. The second kappa shape index (κ2) is 6.76. The van der Waals surface area contributed by atoms with E-state index in [1.54, 1.807) is 18.2 Å². The summed E-state index contributed by atoms with van der Waals surface area (Å²) in [6, 6.07) is 5.29. The minimum absolute atomic E-state index is 0.103. The molecular formula is C12H14Br2ClNO. The summed E-state index contributed by atoms with van der Waals surface area (Å²) in [6.07, 6.45) is 0.882. The van der Waals surface area contributed by atoms with Gasteiger partial charge in [-0.1, -0.05) is 50.4 Å². The van der Waals surface area contributed by atoms with Crippen molar-refractivity contribution in [1.82, 2.24) is 5.32 Å². The number of halogens is 3. The third-order valence-corrected chi connectivity index (χ3v) is 3.23. The molecule has 0 radical (unpaired) electrons. The van der Waals surface area contributed by atoms with Crippen LogP contribution in [0.15, 0.2) is 22.7 Å². The standard InChI is InChI=1S/C12H14Br2ClNO/c1-7(13)3-8(2)16-12(17)9-4-10(14)6-11(15)5-9/h4-8H,3H2,1-2H3,(H,16,17). The van der Waals surface area contributed by atoms with Crippen LogP contribution in [0.1, 0.15) is 30.6 Å². The van der Waals surface area contributed by atoms with E-state index in [1.165, 1.54) is 0 Å². The number of benzene rings is 1. The van der Waals surface area contributed by atoms with Crippen molar-refractivity contribution >= 4 is 49.4 Å². The van der Waals surface area contributed by atoms with E-state index in [1.807, 2.05) is 6.92 Å². The molecule has 0 aromatic heterocycles. The van der Waals surface area contributed by atoms with Crippen molar-refractivity contribution in [2.75, 3.05) is 0 Å². The van der Waals surface area contributed by atoms with Gasteiger partial charge in [-0.15, -0.1) is 0 Å². The van der Waals surface area contributed by atoms with Crippen molar-refractivity contribution < 1.29 is 4.79 Å². The van der Waals surface area contributed by atoms with Gasteiger partial charge in [0.1, 0.15) is 0 Å². The molecule has 1 rings (SSSR count). The zero-order chi connectivity index (χ0) is 13.0. The van der Waals surface area contributed by atoms with Gasteiger partial charge in [-0.25, -0.2) is 0 Å². The number of hydrogen-bond acceptors (Lipinski definition) is 1. The Morgan fingerprint density at radius 1 is 1.41 bits per heavy atom. The molecule has 1 N–H and O–H groups in total. The Morgan fingerprint density at radius 3 is 2.59 bits per heavy atom. The number of rotatable bonds is 4. The van der Waals surface area contributed by atoms with Gasteiger partial charge < -0.3 is 5.32 Å². The Kier molecular flexibility index (Phi) is 5.97. The van der Waals surface area contributed by atoms with Crippen LogP contribution in [0.25, 0.3) is 0 Å². The maximum atomic E-state index is 11.9. The summed E-state index contributed by atoms with van der Waals surface area (Å²) in [7, 11) is 0. The van der Waals surface area contributed by atoms with Gasteiger partial charge in [-0.2, -0.15) is 0 Å². The Bertz CT molecular complexity index is 389. The molecule has 0 heterocycles. The van der Waals surface area contributed by atoms with Crippen molar-refractivity contribution in [3.63, 3.8) is 0 Å². The van der Waals surface area contributed by atoms with E-state index < -0.39 is 0 Å². The van der Waals surface area contributed by atoms with E-state index in [9.17, 15) is 4.79 Å². The van der Waals surface area contributed by atoms with Crippen LogP contribution < -0.4 is 5.32 Å². The third kappa shape index (κ3) is 5.40. The number of hydrogen-bond donors (Lipinski definition) is 1. The molecule has 0 saturated carbocycles. The fourth-order valence-electron chi connectivity index (χ4n) is 1.54. The van der Waals surface area contributed by atoms with E-state index in [2.05, 4.69) is 44.1 Å². The van der Waals surface area contributed by atoms with Crippen molar-refractivity contribution in [3.8, 4) is 0 Å². The molecule has 94 valence electrons. The maximum absolute atomic E-state index is 11.9. The molecule has 1 aromatic carbocycles. The Hall–Kier alpha value is -0.0600. The molecule has 5 heteroatoms. The van der Waals surface area contributed by atoms with E-state index >= 15 is 0 Å². The van der Waals surface area contributed by atoms with E-state index in [-0.39, 0.29) is 11.9 Å². The van der Waals surface area contributed by atoms with Crippen molar-refractivity contribution in [2.24, 2.45) is 0 Å². The van der Waals surface area contributed by atoms with Crippen LogP contribution in [0, 0.1) is 0 Å². The molecule has 0 fully saturated rings. The van der Waals surface area contributed by atoms with Gasteiger partial charge in [-0.05, 0) is 31.5 Å². The minimum Gasteiger partial charge on any atom is -0.350 e. The number of alkyl halides is 1. The minimum atomic E-state index is -0.103. The third-order valence-electron chi connectivity index (χ3n) is 2.18. The first-order valence-corrected chi connectivity index (χ1v) is 7.38. The molecule has 0 aliphatic carbocycles. The molecule has 0 bridgehead atoms. The first-order valence-electron chi connectivity index (χ1n) is 5.29. The van der Waals surface area contributed by atoms with Gasteiger partial charge in [0.05, 0.1) is 0 Å². The fourth-order valence-corrected chi connectivity index (χ4v) is 2.96. The van der Waals surface area contributed by atoms with E-state index in [4.69, 9.17) is 11.6 Å². The van der Waals surface area contributed by atoms with Crippen LogP contribution in [0.4, 0.5) is 0 Å². The van der Waals surface area contributed by atoms with E-state index in [0.29, 0.717) is 15.4 Å². The molecule has 0 spiro atoms. The van der Waals surface area contributed by atoms with Crippen LogP contribution in [0.2, 0.25) is 5.02 Å². The van der Waals surface area contributed by atoms with Crippen LogP contribution in [0.5, 0.6) is 0 Å². The Labute approximate surface area is 123 Å².